The second-order valence-electron chi connectivity index (χ2n) is 4.18. The lowest BCUT2D eigenvalue weighted by Crippen LogP contribution is -2.28. The molecule has 0 amide bonds. The smallest absolute Gasteiger partial charge is 0.339 e. The minimum Gasteiger partial charge on any atom is -0.462 e. The molecule has 0 saturated heterocycles. The maximum atomic E-state index is 11.5. The van der Waals surface area contributed by atoms with Crippen LogP contribution in [0.5, 0.6) is 0 Å². The number of rotatable bonds is 7. The van der Waals surface area contributed by atoms with Gasteiger partial charge in [-0.15, -0.1) is 0 Å². The molecule has 0 saturated carbocycles. The Labute approximate surface area is 119 Å². The van der Waals surface area contributed by atoms with Crippen molar-refractivity contribution in [2.24, 2.45) is 0 Å². The summed E-state index contributed by atoms with van der Waals surface area (Å²) in [7, 11) is -0.253. The van der Waals surface area contributed by atoms with Gasteiger partial charge in [-0.3, -0.25) is 0 Å². The molecule has 1 N–H and O–H groups in total. The molecule has 1 heterocycles. The number of esters is 1. The molecule has 1 aromatic heterocycles. The number of pyridine rings is 1. The molecule has 20 heavy (non-hydrogen) atoms. The Morgan fingerprint density at radius 2 is 2.10 bits per heavy atom. The largest absolute Gasteiger partial charge is 0.462 e. The summed E-state index contributed by atoms with van der Waals surface area (Å²) in [6, 6.07) is 3.18. The summed E-state index contributed by atoms with van der Waals surface area (Å²) in [6.45, 7) is 2.28. The second-order valence-corrected chi connectivity index (χ2v) is 6.48. The van der Waals surface area contributed by atoms with Crippen molar-refractivity contribution in [3.05, 3.63) is 23.9 Å². The highest BCUT2D eigenvalue weighted by Crippen LogP contribution is 2.06. The zero-order valence-electron chi connectivity index (χ0n) is 11.8. The Morgan fingerprint density at radius 3 is 2.60 bits per heavy atom. The van der Waals surface area contributed by atoms with E-state index in [4.69, 9.17) is 4.74 Å². The zero-order valence-corrected chi connectivity index (χ0v) is 12.6. The zero-order chi connectivity index (χ0) is 15.2. The highest BCUT2D eigenvalue weighted by Gasteiger charge is 2.13. The summed E-state index contributed by atoms with van der Waals surface area (Å²) >= 11 is 0. The summed E-state index contributed by atoms with van der Waals surface area (Å²) in [4.78, 5) is 15.4. The summed E-state index contributed by atoms with van der Waals surface area (Å²) in [5.74, 6) is 0.0511. The van der Waals surface area contributed by atoms with E-state index >= 15 is 0 Å². The highest BCUT2D eigenvalue weighted by molar-refractivity contribution is 7.89. The van der Waals surface area contributed by atoms with Crippen LogP contribution in [0.15, 0.2) is 18.3 Å². The third kappa shape index (κ3) is 4.78. The van der Waals surface area contributed by atoms with Gasteiger partial charge in [-0.05, 0) is 19.1 Å². The summed E-state index contributed by atoms with van der Waals surface area (Å²) in [5.41, 5.74) is 0.360. The second kappa shape index (κ2) is 7.20. The van der Waals surface area contributed by atoms with Crippen molar-refractivity contribution in [1.82, 2.24) is 9.29 Å². The van der Waals surface area contributed by atoms with Gasteiger partial charge in [0.25, 0.3) is 0 Å². The number of carbonyl (C=O) groups is 1. The molecule has 1 aromatic rings. The van der Waals surface area contributed by atoms with Crippen LogP contribution in [-0.2, 0) is 14.8 Å². The molecule has 0 radical (unpaired) electrons. The Morgan fingerprint density at radius 1 is 1.40 bits per heavy atom. The molecular formula is C12H19N3O4S. The number of anilines is 1. The van der Waals surface area contributed by atoms with Crippen LogP contribution in [0, 0.1) is 0 Å². The van der Waals surface area contributed by atoms with Gasteiger partial charge in [0, 0.05) is 26.8 Å². The van der Waals surface area contributed by atoms with Crippen molar-refractivity contribution in [3.8, 4) is 0 Å². The van der Waals surface area contributed by atoms with Crippen LogP contribution in [-0.4, -0.2) is 56.7 Å². The van der Waals surface area contributed by atoms with Crippen LogP contribution in [0.25, 0.3) is 0 Å². The molecule has 7 nitrogen and oxygen atoms in total. The van der Waals surface area contributed by atoms with Crippen LogP contribution in [0.3, 0.4) is 0 Å². The summed E-state index contributed by atoms with van der Waals surface area (Å²) in [5, 5.41) is 2.88. The molecule has 0 aliphatic heterocycles. The monoisotopic (exact) mass is 301 g/mol. The van der Waals surface area contributed by atoms with Crippen molar-refractivity contribution in [2.45, 2.75) is 6.92 Å². The molecule has 0 aromatic carbocycles. The number of carbonyl (C=O) groups excluding carboxylic acids is 1. The minimum atomic E-state index is -3.23. The molecule has 0 spiro atoms. The van der Waals surface area contributed by atoms with Gasteiger partial charge in [-0.2, -0.15) is 0 Å². The fourth-order valence-corrected chi connectivity index (χ4v) is 2.05. The number of nitrogens with one attached hydrogen (secondary N) is 1. The van der Waals surface area contributed by atoms with Gasteiger partial charge in [0.15, 0.2) is 0 Å². The van der Waals surface area contributed by atoms with Gasteiger partial charge in [-0.25, -0.2) is 22.5 Å². The molecule has 1 rings (SSSR count). The fraction of sp³-hybridized carbons (Fsp3) is 0.500. The average molecular weight is 301 g/mol. The third-order valence-corrected chi connectivity index (χ3v) is 4.33. The van der Waals surface area contributed by atoms with Gasteiger partial charge < -0.3 is 10.1 Å². The van der Waals surface area contributed by atoms with Crippen molar-refractivity contribution in [1.29, 1.82) is 0 Å². The van der Waals surface area contributed by atoms with E-state index in [1.807, 2.05) is 0 Å². The lowest BCUT2D eigenvalue weighted by atomic mass is 10.3. The molecule has 0 fully saturated rings. The molecule has 0 bridgehead atoms. The molecule has 8 heteroatoms. The SMILES string of the molecule is CCOC(=O)c1ccc(NCCS(=O)(=O)N(C)C)nc1. The van der Waals surface area contributed by atoms with E-state index in [2.05, 4.69) is 10.3 Å². The van der Waals surface area contributed by atoms with Crippen LogP contribution >= 0.6 is 0 Å². The fourth-order valence-electron chi connectivity index (χ4n) is 1.32. The number of sulfonamides is 1. The van der Waals surface area contributed by atoms with E-state index in [9.17, 15) is 13.2 Å². The molecule has 0 aliphatic carbocycles. The third-order valence-electron chi connectivity index (χ3n) is 2.50. The first kappa shape index (κ1) is 16.4. The van der Waals surface area contributed by atoms with E-state index in [0.717, 1.165) is 0 Å². The molecular weight excluding hydrogens is 282 g/mol. The Hall–Kier alpha value is -1.67. The normalized spacial score (nSPS) is 11.4. The van der Waals surface area contributed by atoms with Crippen molar-refractivity contribution in [3.63, 3.8) is 0 Å². The van der Waals surface area contributed by atoms with E-state index in [1.165, 1.54) is 24.6 Å². The molecule has 0 atom stereocenters. The molecule has 0 unspecified atom stereocenters. The standard InChI is InChI=1S/C12H19N3O4S/c1-4-19-12(16)10-5-6-11(14-9-10)13-7-8-20(17,18)15(2)3/h5-6,9H,4,7-8H2,1-3H3,(H,13,14). The van der Waals surface area contributed by atoms with Gasteiger partial charge >= 0.3 is 5.97 Å². The van der Waals surface area contributed by atoms with Gasteiger partial charge in [0.1, 0.15) is 5.82 Å². The van der Waals surface area contributed by atoms with Gasteiger partial charge in [0.05, 0.1) is 17.9 Å². The number of ether oxygens (including phenoxy) is 1. The Bertz CT molecular complexity index is 540. The predicted octanol–water partition coefficient (Wildman–Crippen LogP) is 0.562. The van der Waals surface area contributed by atoms with Gasteiger partial charge in [0.2, 0.25) is 10.0 Å². The van der Waals surface area contributed by atoms with Crippen LogP contribution in [0.2, 0.25) is 0 Å². The predicted molar refractivity (Wildman–Crippen MR) is 76.2 cm³/mol. The number of hydrogen-bond acceptors (Lipinski definition) is 6. The molecule has 112 valence electrons. The Balaban J connectivity index is 2.53. The van der Waals surface area contributed by atoms with E-state index in [0.29, 0.717) is 18.0 Å². The van der Waals surface area contributed by atoms with E-state index in [1.54, 1.807) is 19.1 Å². The van der Waals surface area contributed by atoms with E-state index in [-0.39, 0.29) is 12.3 Å². The summed E-state index contributed by atoms with van der Waals surface area (Å²) in [6.07, 6.45) is 1.39. The minimum absolute atomic E-state index is 0.0265. The van der Waals surface area contributed by atoms with Crippen molar-refractivity contribution in [2.75, 3.05) is 38.3 Å². The highest BCUT2D eigenvalue weighted by atomic mass is 32.2. The quantitative estimate of drug-likeness (QED) is 0.740. The number of hydrogen-bond donors (Lipinski definition) is 1. The first-order chi connectivity index (χ1) is 9.36. The number of aromatic nitrogens is 1. The van der Waals surface area contributed by atoms with Crippen LogP contribution < -0.4 is 5.32 Å². The topological polar surface area (TPSA) is 88.6 Å². The van der Waals surface area contributed by atoms with Crippen molar-refractivity contribution >= 4 is 21.8 Å². The maximum absolute atomic E-state index is 11.5. The lowest BCUT2D eigenvalue weighted by molar-refractivity contribution is 0.0526. The van der Waals surface area contributed by atoms with Crippen LogP contribution in [0.4, 0.5) is 5.82 Å². The molecule has 0 aliphatic rings. The summed E-state index contributed by atoms with van der Waals surface area (Å²) < 4.78 is 29.1. The maximum Gasteiger partial charge on any atom is 0.339 e. The lowest BCUT2D eigenvalue weighted by Gasteiger charge is -2.11. The Kier molecular flexibility index (Phi) is 5.90. The van der Waals surface area contributed by atoms with Crippen molar-refractivity contribution < 1.29 is 17.9 Å². The van der Waals surface area contributed by atoms with E-state index < -0.39 is 16.0 Å². The van der Waals surface area contributed by atoms with Crippen LogP contribution in [0.1, 0.15) is 17.3 Å². The number of nitrogens with zero attached hydrogens (tertiary/aromatic N) is 2. The van der Waals surface area contributed by atoms with Gasteiger partial charge in [-0.1, -0.05) is 0 Å². The average Bonchev–Trinajstić information content (AvgIpc) is 2.39. The first-order valence-corrected chi connectivity index (χ1v) is 7.75. The first-order valence-electron chi connectivity index (χ1n) is 6.14.